The highest BCUT2D eigenvalue weighted by molar-refractivity contribution is 5.94. The van der Waals surface area contributed by atoms with E-state index in [1.54, 1.807) is 4.90 Å². The van der Waals surface area contributed by atoms with E-state index in [-0.39, 0.29) is 43.3 Å². The van der Waals surface area contributed by atoms with Gasteiger partial charge in [-0.2, -0.15) is 0 Å². The van der Waals surface area contributed by atoms with E-state index in [0.717, 1.165) is 38.1 Å². The number of amides is 3. The molecule has 1 aliphatic heterocycles. The average Bonchev–Trinajstić information content (AvgIpc) is 3.09. The molecule has 1 fully saturated rings. The first kappa shape index (κ1) is 18.8. The molecule has 1 heterocycles. The molecule has 2 rings (SSSR count). The number of rotatable bonds is 7. The second-order valence-corrected chi connectivity index (χ2v) is 5.82. The zero-order valence-electron chi connectivity index (χ0n) is 13.8. The summed E-state index contributed by atoms with van der Waals surface area (Å²) in [6.45, 7) is 1.81. The van der Waals surface area contributed by atoms with E-state index in [9.17, 15) is 23.2 Å². The van der Waals surface area contributed by atoms with E-state index >= 15 is 0 Å². The van der Waals surface area contributed by atoms with Crippen LogP contribution in [0.3, 0.4) is 0 Å². The molecule has 0 aromatic heterocycles. The largest absolute Gasteiger partial charge is 0.356 e. The fourth-order valence-corrected chi connectivity index (χ4v) is 2.58. The maximum Gasteiger partial charge on any atom is 0.254 e. The number of nitrogens with zero attached hydrogens (tertiary/aromatic N) is 1. The first-order valence-electron chi connectivity index (χ1n) is 8.25. The van der Waals surface area contributed by atoms with Gasteiger partial charge in [-0.05, 0) is 25.0 Å². The second kappa shape index (κ2) is 9.10. The van der Waals surface area contributed by atoms with Gasteiger partial charge < -0.3 is 15.5 Å². The lowest BCUT2D eigenvalue weighted by molar-refractivity contribution is -0.130. The van der Waals surface area contributed by atoms with Gasteiger partial charge in [0.1, 0.15) is 11.6 Å². The van der Waals surface area contributed by atoms with Crippen LogP contribution in [0.2, 0.25) is 0 Å². The van der Waals surface area contributed by atoms with E-state index < -0.39 is 17.5 Å². The number of carbonyl (C=O) groups is 3. The third-order valence-corrected chi connectivity index (χ3v) is 3.93. The Kier molecular flexibility index (Phi) is 6.85. The number of carbonyl (C=O) groups excluding carboxylic acids is 3. The van der Waals surface area contributed by atoms with Gasteiger partial charge in [0.25, 0.3) is 5.91 Å². The quantitative estimate of drug-likeness (QED) is 0.774. The average molecular weight is 353 g/mol. The summed E-state index contributed by atoms with van der Waals surface area (Å²) in [6, 6.07) is 2.66. The van der Waals surface area contributed by atoms with Crippen LogP contribution in [0.15, 0.2) is 18.2 Å². The van der Waals surface area contributed by atoms with E-state index in [1.165, 1.54) is 0 Å². The Balaban J connectivity index is 1.63. The zero-order chi connectivity index (χ0) is 18.2. The second-order valence-electron chi connectivity index (χ2n) is 5.82. The molecule has 2 N–H and O–H groups in total. The van der Waals surface area contributed by atoms with Crippen molar-refractivity contribution in [3.8, 4) is 0 Å². The summed E-state index contributed by atoms with van der Waals surface area (Å²) in [5.41, 5.74) is -0.280. The van der Waals surface area contributed by atoms with Gasteiger partial charge >= 0.3 is 0 Å². The molecule has 0 bridgehead atoms. The lowest BCUT2D eigenvalue weighted by Gasteiger charge is -2.15. The van der Waals surface area contributed by atoms with Crippen molar-refractivity contribution in [1.29, 1.82) is 0 Å². The van der Waals surface area contributed by atoms with Crippen molar-refractivity contribution in [2.24, 2.45) is 0 Å². The predicted octanol–water partition coefficient (Wildman–Crippen LogP) is 1.21. The molecule has 6 nitrogen and oxygen atoms in total. The van der Waals surface area contributed by atoms with Gasteiger partial charge in [0.05, 0.1) is 5.56 Å². The van der Waals surface area contributed by atoms with Gasteiger partial charge in [0, 0.05) is 45.1 Å². The Morgan fingerprint density at radius 2 is 1.68 bits per heavy atom. The molecule has 1 aliphatic rings. The molecule has 0 saturated carbocycles. The van der Waals surface area contributed by atoms with E-state index in [2.05, 4.69) is 10.6 Å². The van der Waals surface area contributed by atoms with Crippen molar-refractivity contribution < 1.29 is 23.2 Å². The fourth-order valence-electron chi connectivity index (χ4n) is 2.58. The Labute approximate surface area is 144 Å². The summed E-state index contributed by atoms with van der Waals surface area (Å²) in [4.78, 5) is 37.0. The first-order chi connectivity index (χ1) is 12.0. The van der Waals surface area contributed by atoms with Crippen molar-refractivity contribution in [3.63, 3.8) is 0 Å². The Hall–Kier alpha value is -2.51. The smallest absolute Gasteiger partial charge is 0.254 e. The molecule has 0 atom stereocenters. The molecular formula is C17H21F2N3O3. The standard InChI is InChI=1S/C17H21F2N3O3/c18-12-3-4-13(14(19)11-12)17(25)21-7-5-15(23)20-8-6-16(24)22-9-1-2-10-22/h3-4,11H,1-2,5-10H2,(H,20,23)(H,21,25). The highest BCUT2D eigenvalue weighted by Gasteiger charge is 2.17. The predicted molar refractivity (Wildman–Crippen MR) is 86.7 cm³/mol. The molecule has 0 radical (unpaired) electrons. The van der Waals surface area contributed by atoms with Crippen LogP contribution in [0.25, 0.3) is 0 Å². The molecule has 25 heavy (non-hydrogen) atoms. The first-order valence-corrected chi connectivity index (χ1v) is 8.25. The Morgan fingerprint density at radius 1 is 1.00 bits per heavy atom. The van der Waals surface area contributed by atoms with Crippen molar-refractivity contribution in [2.45, 2.75) is 25.7 Å². The number of hydrogen-bond donors (Lipinski definition) is 2. The summed E-state index contributed by atoms with van der Waals surface area (Å²) in [5.74, 6) is -2.72. The van der Waals surface area contributed by atoms with E-state index in [4.69, 9.17) is 0 Å². The molecule has 136 valence electrons. The Bertz CT molecular complexity index is 646. The minimum absolute atomic E-state index is 0.00641. The summed E-state index contributed by atoms with van der Waals surface area (Å²) >= 11 is 0. The third kappa shape index (κ3) is 5.81. The van der Waals surface area contributed by atoms with Crippen molar-refractivity contribution in [2.75, 3.05) is 26.2 Å². The maximum atomic E-state index is 13.4. The van der Waals surface area contributed by atoms with Crippen LogP contribution in [0.1, 0.15) is 36.0 Å². The van der Waals surface area contributed by atoms with Gasteiger partial charge in [-0.3, -0.25) is 14.4 Å². The van der Waals surface area contributed by atoms with Crippen molar-refractivity contribution >= 4 is 17.7 Å². The number of hydrogen-bond acceptors (Lipinski definition) is 3. The summed E-state index contributed by atoms with van der Waals surface area (Å²) < 4.78 is 26.2. The van der Waals surface area contributed by atoms with Crippen LogP contribution in [-0.4, -0.2) is 48.8 Å². The molecule has 8 heteroatoms. The normalized spacial score (nSPS) is 13.6. The molecule has 0 spiro atoms. The molecular weight excluding hydrogens is 332 g/mol. The van der Waals surface area contributed by atoms with Gasteiger partial charge in [0.2, 0.25) is 11.8 Å². The van der Waals surface area contributed by atoms with Crippen molar-refractivity contribution in [1.82, 2.24) is 15.5 Å². The molecule has 1 aromatic rings. The summed E-state index contributed by atoms with van der Waals surface area (Å²) in [7, 11) is 0. The van der Waals surface area contributed by atoms with Crippen LogP contribution in [0.5, 0.6) is 0 Å². The fraction of sp³-hybridized carbons (Fsp3) is 0.471. The van der Waals surface area contributed by atoms with Gasteiger partial charge in [0.15, 0.2) is 0 Å². The molecule has 1 saturated heterocycles. The zero-order valence-corrected chi connectivity index (χ0v) is 13.8. The number of likely N-dealkylation sites (tertiary alicyclic amines) is 1. The van der Waals surface area contributed by atoms with E-state index in [0.29, 0.717) is 6.07 Å². The summed E-state index contributed by atoms with van der Waals surface area (Å²) in [5, 5.41) is 5.00. The highest BCUT2D eigenvalue weighted by Crippen LogP contribution is 2.09. The van der Waals surface area contributed by atoms with Crippen LogP contribution >= 0.6 is 0 Å². The Morgan fingerprint density at radius 3 is 2.36 bits per heavy atom. The van der Waals surface area contributed by atoms with E-state index in [1.807, 2.05) is 0 Å². The van der Waals surface area contributed by atoms with Crippen LogP contribution in [0.4, 0.5) is 8.78 Å². The maximum absolute atomic E-state index is 13.4. The monoisotopic (exact) mass is 353 g/mol. The molecule has 3 amide bonds. The van der Waals surface area contributed by atoms with Crippen LogP contribution < -0.4 is 10.6 Å². The molecule has 1 aromatic carbocycles. The third-order valence-electron chi connectivity index (χ3n) is 3.93. The number of benzene rings is 1. The minimum atomic E-state index is -0.956. The topological polar surface area (TPSA) is 78.5 Å². The lowest BCUT2D eigenvalue weighted by Crippen LogP contribution is -2.34. The SMILES string of the molecule is O=C(CCNC(=O)c1ccc(F)cc1F)NCCC(=O)N1CCCC1. The number of nitrogens with one attached hydrogen (secondary N) is 2. The molecule has 0 aliphatic carbocycles. The van der Waals surface area contributed by atoms with Gasteiger partial charge in [-0.15, -0.1) is 0 Å². The highest BCUT2D eigenvalue weighted by atomic mass is 19.1. The summed E-state index contributed by atoms with van der Waals surface area (Å²) in [6.07, 6.45) is 2.30. The van der Waals surface area contributed by atoms with Gasteiger partial charge in [-0.25, -0.2) is 8.78 Å². The number of halogens is 2. The molecule has 0 unspecified atom stereocenters. The lowest BCUT2D eigenvalue weighted by atomic mass is 10.2. The van der Waals surface area contributed by atoms with Crippen LogP contribution in [-0.2, 0) is 9.59 Å². The van der Waals surface area contributed by atoms with Crippen LogP contribution in [0, 0.1) is 11.6 Å². The minimum Gasteiger partial charge on any atom is -0.356 e. The van der Waals surface area contributed by atoms with Crippen molar-refractivity contribution in [3.05, 3.63) is 35.4 Å². The van der Waals surface area contributed by atoms with Gasteiger partial charge in [-0.1, -0.05) is 0 Å².